The van der Waals surface area contributed by atoms with E-state index in [1.165, 1.54) is 25.7 Å². The van der Waals surface area contributed by atoms with Gasteiger partial charge in [-0.1, -0.05) is 23.4 Å². The second-order valence-electron chi connectivity index (χ2n) is 6.99. The van der Waals surface area contributed by atoms with Gasteiger partial charge in [0.2, 0.25) is 11.8 Å². The fraction of sp³-hybridized carbons (Fsp3) is 0.421. The van der Waals surface area contributed by atoms with E-state index in [1.54, 1.807) is 18.0 Å². The molecule has 1 saturated carbocycles. The Labute approximate surface area is 166 Å². The Kier molecular flexibility index (Phi) is 4.57. The first kappa shape index (κ1) is 17.1. The summed E-state index contributed by atoms with van der Waals surface area (Å²) < 4.78 is 8.23. The number of hydrogen-bond donors (Lipinski definition) is 0. The van der Waals surface area contributed by atoms with Gasteiger partial charge in [-0.15, -0.1) is 10.2 Å². The minimum absolute atomic E-state index is 0.548. The molecule has 0 bridgehead atoms. The Balaban J connectivity index is 1.31. The molecule has 2 aromatic heterocycles. The quantitative estimate of drug-likeness (QED) is 0.552. The van der Waals surface area contributed by atoms with Crippen LogP contribution in [0.15, 0.2) is 40.0 Å². The summed E-state index contributed by atoms with van der Waals surface area (Å²) in [5.74, 6) is 3.12. The first-order valence-corrected chi connectivity index (χ1v) is 10.7. The van der Waals surface area contributed by atoms with Crippen LogP contribution in [0.1, 0.15) is 37.6 Å². The molecule has 0 amide bonds. The lowest BCUT2D eigenvalue weighted by molar-refractivity contribution is 0.529. The minimum atomic E-state index is 0.548. The van der Waals surface area contributed by atoms with Crippen molar-refractivity contribution in [2.75, 3.05) is 18.0 Å². The first-order chi connectivity index (χ1) is 13.3. The third-order valence-electron chi connectivity index (χ3n) is 4.95. The zero-order valence-corrected chi connectivity index (χ0v) is 16.4. The maximum atomic E-state index is 5.95. The van der Waals surface area contributed by atoms with E-state index in [-0.39, 0.29) is 0 Å². The summed E-state index contributed by atoms with van der Waals surface area (Å²) in [4.78, 5) is 6.78. The fourth-order valence-corrected chi connectivity index (χ4v) is 4.38. The van der Waals surface area contributed by atoms with E-state index in [0.717, 1.165) is 35.5 Å². The number of thioether (sulfide) groups is 1. The number of halogens is 1. The second-order valence-corrected chi connectivity index (χ2v) is 8.37. The van der Waals surface area contributed by atoms with Crippen molar-refractivity contribution in [1.82, 2.24) is 19.7 Å². The number of rotatable bonds is 6. The van der Waals surface area contributed by atoms with Crippen LogP contribution in [0.2, 0.25) is 5.02 Å². The van der Waals surface area contributed by atoms with Gasteiger partial charge >= 0.3 is 0 Å². The van der Waals surface area contributed by atoms with Crippen molar-refractivity contribution in [3.63, 3.8) is 0 Å². The number of aromatic nitrogens is 4. The molecule has 0 N–H and O–H groups in total. The number of benzene rings is 1. The number of anilines is 1. The van der Waals surface area contributed by atoms with Crippen LogP contribution in [0.25, 0.3) is 11.3 Å². The molecule has 1 aromatic carbocycles. The lowest BCUT2D eigenvalue weighted by Gasteiger charge is -2.17. The monoisotopic (exact) mass is 401 g/mol. The third-order valence-corrected chi connectivity index (χ3v) is 6.13. The van der Waals surface area contributed by atoms with Crippen LogP contribution >= 0.6 is 23.4 Å². The molecule has 1 aliphatic heterocycles. The van der Waals surface area contributed by atoms with Gasteiger partial charge in [0.15, 0.2) is 10.9 Å². The molecule has 2 aliphatic rings. The molecule has 140 valence electrons. The highest BCUT2D eigenvalue weighted by atomic mass is 35.5. The Morgan fingerprint density at radius 1 is 1.11 bits per heavy atom. The normalized spacial score (nSPS) is 17.0. The van der Waals surface area contributed by atoms with Crippen molar-refractivity contribution in [2.24, 2.45) is 0 Å². The SMILES string of the molecule is Clc1ccc(-c2cnc(CSc3nnc(N4CCCC4)n3C3CC3)o2)cc1. The van der Waals surface area contributed by atoms with Crippen LogP contribution in [-0.4, -0.2) is 32.8 Å². The molecule has 2 fully saturated rings. The average molecular weight is 402 g/mol. The highest BCUT2D eigenvalue weighted by Gasteiger charge is 2.32. The predicted molar refractivity (Wildman–Crippen MR) is 106 cm³/mol. The molecule has 6 nitrogen and oxygen atoms in total. The number of hydrogen-bond acceptors (Lipinski definition) is 6. The van der Waals surface area contributed by atoms with Crippen LogP contribution in [0.5, 0.6) is 0 Å². The molecular formula is C19H20ClN5OS. The summed E-state index contributed by atoms with van der Waals surface area (Å²) in [7, 11) is 0. The zero-order chi connectivity index (χ0) is 18.2. The van der Waals surface area contributed by atoms with Gasteiger partial charge in [-0.3, -0.25) is 4.57 Å². The van der Waals surface area contributed by atoms with E-state index in [9.17, 15) is 0 Å². The minimum Gasteiger partial charge on any atom is -0.440 e. The van der Waals surface area contributed by atoms with Gasteiger partial charge < -0.3 is 9.32 Å². The lowest BCUT2D eigenvalue weighted by atomic mass is 10.2. The molecule has 8 heteroatoms. The Hall–Kier alpha value is -1.99. The topological polar surface area (TPSA) is 60.0 Å². The summed E-state index contributed by atoms with van der Waals surface area (Å²) >= 11 is 7.59. The van der Waals surface area contributed by atoms with Crippen LogP contribution in [0.3, 0.4) is 0 Å². The van der Waals surface area contributed by atoms with Crippen LogP contribution in [0, 0.1) is 0 Å². The van der Waals surface area contributed by atoms with Gasteiger partial charge in [0.25, 0.3) is 0 Å². The molecule has 0 atom stereocenters. The highest BCUT2D eigenvalue weighted by Crippen LogP contribution is 2.42. The van der Waals surface area contributed by atoms with E-state index in [1.807, 2.05) is 24.3 Å². The predicted octanol–water partition coefficient (Wildman–Crippen LogP) is 4.81. The van der Waals surface area contributed by atoms with E-state index in [0.29, 0.717) is 22.7 Å². The van der Waals surface area contributed by atoms with Crippen molar-refractivity contribution in [2.45, 2.75) is 42.6 Å². The van der Waals surface area contributed by atoms with E-state index < -0.39 is 0 Å². The largest absolute Gasteiger partial charge is 0.440 e. The maximum absolute atomic E-state index is 5.95. The van der Waals surface area contributed by atoms with E-state index >= 15 is 0 Å². The van der Waals surface area contributed by atoms with Crippen LogP contribution in [0.4, 0.5) is 5.95 Å². The van der Waals surface area contributed by atoms with Gasteiger partial charge in [0.1, 0.15) is 0 Å². The molecule has 0 unspecified atom stereocenters. The summed E-state index contributed by atoms with van der Waals surface area (Å²) in [5, 5.41) is 10.6. The fourth-order valence-electron chi connectivity index (χ4n) is 3.40. The number of oxazole rings is 1. The van der Waals surface area contributed by atoms with Crippen LogP contribution in [-0.2, 0) is 5.75 Å². The van der Waals surface area contributed by atoms with Crippen molar-refractivity contribution in [1.29, 1.82) is 0 Å². The number of nitrogens with zero attached hydrogens (tertiary/aromatic N) is 5. The summed E-state index contributed by atoms with van der Waals surface area (Å²) in [6, 6.07) is 8.13. The Morgan fingerprint density at radius 2 is 1.89 bits per heavy atom. The van der Waals surface area contributed by atoms with Crippen molar-refractivity contribution >= 4 is 29.3 Å². The van der Waals surface area contributed by atoms with E-state index in [4.69, 9.17) is 16.0 Å². The van der Waals surface area contributed by atoms with Gasteiger partial charge in [-0.05, 0) is 49.9 Å². The molecule has 3 aromatic rings. The lowest BCUT2D eigenvalue weighted by Crippen LogP contribution is -2.22. The second kappa shape index (κ2) is 7.20. The molecular weight excluding hydrogens is 382 g/mol. The molecule has 27 heavy (non-hydrogen) atoms. The van der Waals surface area contributed by atoms with Crippen molar-refractivity contribution in [3.8, 4) is 11.3 Å². The summed E-state index contributed by atoms with van der Waals surface area (Å²) in [5.41, 5.74) is 0.973. The molecule has 3 heterocycles. The molecule has 0 radical (unpaired) electrons. The van der Waals surface area contributed by atoms with Crippen molar-refractivity contribution in [3.05, 3.63) is 41.4 Å². The third kappa shape index (κ3) is 3.58. The van der Waals surface area contributed by atoms with Gasteiger partial charge in [-0.2, -0.15) is 0 Å². The van der Waals surface area contributed by atoms with Gasteiger partial charge in [-0.25, -0.2) is 4.98 Å². The molecule has 0 spiro atoms. The van der Waals surface area contributed by atoms with Gasteiger partial charge in [0, 0.05) is 29.7 Å². The Bertz CT molecular complexity index is 928. The molecule has 5 rings (SSSR count). The Morgan fingerprint density at radius 3 is 2.63 bits per heavy atom. The average Bonchev–Trinajstić information content (AvgIpc) is 3.10. The summed E-state index contributed by atoms with van der Waals surface area (Å²) in [6.45, 7) is 2.17. The van der Waals surface area contributed by atoms with E-state index in [2.05, 4.69) is 24.6 Å². The standard InChI is InChI=1S/C19H20ClN5OS/c20-14-5-3-13(4-6-14)16-11-21-17(26-16)12-27-19-23-22-18(24-9-1-2-10-24)25(19)15-7-8-15/h3-6,11,15H,1-2,7-10,12H2. The van der Waals surface area contributed by atoms with Crippen LogP contribution < -0.4 is 4.90 Å². The maximum Gasteiger partial charge on any atom is 0.228 e. The van der Waals surface area contributed by atoms with Gasteiger partial charge in [0.05, 0.1) is 11.9 Å². The molecule has 1 aliphatic carbocycles. The smallest absolute Gasteiger partial charge is 0.228 e. The highest BCUT2D eigenvalue weighted by molar-refractivity contribution is 7.98. The summed E-state index contributed by atoms with van der Waals surface area (Å²) in [6.07, 6.45) is 6.67. The molecule has 1 saturated heterocycles. The van der Waals surface area contributed by atoms with Crippen molar-refractivity contribution < 1.29 is 4.42 Å². The first-order valence-electron chi connectivity index (χ1n) is 9.31. The zero-order valence-electron chi connectivity index (χ0n) is 14.8.